The van der Waals surface area contributed by atoms with Crippen molar-refractivity contribution in [1.82, 2.24) is 4.90 Å². The average molecular weight is 181 g/mol. The Morgan fingerprint density at radius 2 is 2.54 bits per heavy atom. The maximum absolute atomic E-state index is 8.36. The minimum atomic E-state index is 0.592. The Morgan fingerprint density at radius 1 is 1.77 bits per heavy atom. The number of aliphatic imine (C=N–C) groups is 1. The predicted molar refractivity (Wildman–Crippen MR) is 50.3 cm³/mol. The van der Waals surface area contributed by atoms with Gasteiger partial charge in [0.05, 0.1) is 6.61 Å². The van der Waals surface area contributed by atoms with Crippen molar-refractivity contribution in [3.8, 4) is 6.19 Å². The van der Waals surface area contributed by atoms with Crippen molar-refractivity contribution in [2.75, 3.05) is 26.8 Å². The SMILES string of the molecule is C/C(=N\C#N)N(C)CC1CCOC1. The summed E-state index contributed by atoms with van der Waals surface area (Å²) in [6.07, 6.45) is 2.90. The highest BCUT2D eigenvalue weighted by Crippen LogP contribution is 2.13. The van der Waals surface area contributed by atoms with Crippen LogP contribution in [0.5, 0.6) is 0 Å². The number of nitrogens with zero attached hydrogens (tertiary/aromatic N) is 3. The monoisotopic (exact) mass is 181 g/mol. The van der Waals surface area contributed by atoms with Crippen molar-refractivity contribution in [2.24, 2.45) is 10.9 Å². The second kappa shape index (κ2) is 4.83. The molecule has 0 bridgehead atoms. The summed E-state index contributed by atoms with van der Waals surface area (Å²) in [5, 5.41) is 8.36. The van der Waals surface area contributed by atoms with Crippen LogP contribution in [0.3, 0.4) is 0 Å². The van der Waals surface area contributed by atoms with Crippen LogP contribution in [0, 0.1) is 17.4 Å². The summed E-state index contributed by atoms with van der Waals surface area (Å²) in [5.41, 5.74) is 0. The summed E-state index contributed by atoms with van der Waals surface area (Å²) in [6.45, 7) is 4.48. The highest BCUT2D eigenvalue weighted by molar-refractivity contribution is 5.80. The molecule has 0 radical (unpaired) electrons. The van der Waals surface area contributed by atoms with E-state index in [9.17, 15) is 0 Å². The molecule has 1 unspecified atom stereocenters. The number of ether oxygens (including phenoxy) is 1. The van der Waals surface area contributed by atoms with E-state index in [0.29, 0.717) is 5.92 Å². The summed E-state index contributed by atoms with van der Waals surface area (Å²) in [7, 11) is 1.95. The predicted octanol–water partition coefficient (Wildman–Crippen LogP) is 0.854. The Bertz CT molecular complexity index is 226. The van der Waals surface area contributed by atoms with E-state index in [-0.39, 0.29) is 0 Å². The molecule has 72 valence electrons. The number of amidine groups is 1. The summed E-state index contributed by atoms with van der Waals surface area (Å²) >= 11 is 0. The Kier molecular flexibility index (Phi) is 3.71. The molecule has 4 heteroatoms. The van der Waals surface area contributed by atoms with Gasteiger partial charge in [0.2, 0.25) is 6.19 Å². The van der Waals surface area contributed by atoms with Crippen molar-refractivity contribution >= 4 is 5.84 Å². The fraction of sp³-hybridized carbons (Fsp3) is 0.778. The topological polar surface area (TPSA) is 48.6 Å². The Balaban J connectivity index is 2.36. The zero-order chi connectivity index (χ0) is 9.68. The Hall–Kier alpha value is -1.08. The fourth-order valence-electron chi connectivity index (χ4n) is 1.40. The third-order valence-corrected chi connectivity index (χ3v) is 2.32. The second-order valence-electron chi connectivity index (χ2n) is 3.37. The Labute approximate surface area is 78.8 Å². The lowest BCUT2D eigenvalue weighted by Gasteiger charge is -2.20. The van der Waals surface area contributed by atoms with Crippen LogP contribution in [0.2, 0.25) is 0 Å². The zero-order valence-electron chi connectivity index (χ0n) is 8.16. The van der Waals surface area contributed by atoms with Crippen LogP contribution in [0.1, 0.15) is 13.3 Å². The molecule has 1 fully saturated rings. The van der Waals surface area contributed by atoms with E-state index < -0.39 is 0 Å². The normalized spacial score (nSPS) is 22.8. The molecule has 0 aromatic carbocycles. The maximum Gasteiger partial charge on any atom is 0.207 e. The molecule has 13 heavy (non-hydrogen) atoms. The first-order valence-corrected chi connectivity index (χ1v) is 4.46. The number of rotatable bonds is 2. The molecule has 1 heterocycles. The quantitative estimate of drug-likeness (QED) is 0.360. The second-order valence-corrected chi connectivity index (χ2v) is 3.37. The van der Waals surface area contributed by atoms with Crippen LogP contribution in [0.15, 0.2) is 4.99 Å². The van der Waals surface area contributed by atoms with Gasteiger partial charge in [-0.3, -0.25) is 0 Å². The van der Waals surface area contributed by atoms with Crippen LogP contribution in [0.25, 0.3) is 0 Å². The minimum Gasteiger partial charge on any atom is -0.381 e. The molecule has 0 spiro atoms. The molecular weight excluding hydrogens is 166 g/mol. The molecule has 0 N–H and O–H groups in total. The molecule has 1 atom stereocenters. The molecule has 4 nitrogen and oxygen atoms in total. The third kappa shape index (κ3) is 3.03. The lowest BCUT2D eigenvalue weighted by atomic mass is 10.1. The van der Waals surface area contributed by atoms with Gasteiger partial charge in [0.15, 0.2) is 0 Å². The van der Waals surface area contributed by atoms with E-state index in [2.05, 4.69) is 4.99 Å². The first-order chi connectivity index (χ1) is 6.24. The molecule has 1 rings (SSSR count). The standard InChI is InChI=1S/C9H15N3O/c1-8(11-7-10)12(2)5-9-3-4-13-6-9/h9H,3-6H2,1-2H3/b11-8+. The van der Waals surface area contributed by atoms with E-state index in [4.69, 9.17) is 10.00 Å². The van der Waals surface area contributed by atoms with Crippen LogP contribution in [0.4, 0.5) is 0 Å². The highest BCUT2D eigenvalue weighted by atomic mass is 16.5. The Morgan fingerprint density at radius 3 is 3.08 bits per heavy atom. The van der Waals surface area contributed by atoms with Crippen LogP contribution in [-0.2, 0) is 4.74 Å². The lowest BCUT2D eigenvalue weighted by Crippen LogP contribution is -2.30. The van der Waals surface area contributed by atoms with Gasteiger partial charge in [-0.05, 0) is 13.3 Å². The van der Waals surface area contributed by atoms with Crippen molar-refractivity contribution in [3.63, 3.8) is 0 Å². The first-order valence-electron chi connectivity index (χ1n) is 4.46. The average Bonchev–Trinajstić information content (AvgIpc) is 2.57. The van der Waals surface area contributed by atoms with Crippen molar-refractivity contribution in [2.45, 2.75) is 13.3 Å². The van der Waals surface area contributed by atoms with Gasteiger partial charge in [-0.15, -0.1) is 0 Å². The third-order valence-electron chi connectivity index (χ3n) is 2.32. The van der Waals surface area contributed by atoms with Gasteiger partial charge in [-0.2, -0.15) is 10.3 Å². The fourth-order valence-corrected chi connectivity index (χ4v) is 1.40. The van der Waals surface area contributed by atoms with Gasteiger partial charge in [0.1, 0.15) is 5.84 Å². The van der Waals surface area contributed by atoms with Gasteiger partial charge < -0.3 is 9.64 Å². The van der Waals surface area contributed by atoms with Crippen molar-refractivity contribution in [1.29, 1.82) is 5.26 Å². The highest BCUT2D eigenvalue weighted by Gasteiger charge is 2.17. The zero-order valence-corrected chi connectivity index (χ0v) is 8.16. The van der Waals surface area contributed by atoms with E-state index >= 15 is 0 Å². The molecule has 1 aliphatic rings. The van der Waals surface area contributed by atoms with Crippen LogP contribution < -0.4 is 0 Å². The summed E-state index contributed by atoms with van der Waals surface area (Å²) in [6, 6.07) is 0. The van der Waals surface area contributed by atoms with Gasteiger partial charge in [-0.1, -0.05) is 0 Å². The molecule has 0 aromatic heterocycles. The van der Waals surface area contributed by atoms with Gasteiger partial charge in [0, 0.05) is 26.1 Å². The molecule has 0 aliphatic carbocycles. The van der Waals surface area contributed by atoms with Crippen molar-refractivity contribution < 1.29 is 4.74 Å². The summed E-state index contributed by atoms with van der Waals surface area (Å²) < 4.78 is 5.27. The van der Waals surface area contributed by atoms with Gasteiger partial charge in [-0.25, -0.2) is 0 Å². The lowest BCUT2D eigenvalue weighted by molar-refractivity contribution is 0.181. The van der Waals surface area contributed by atoms with Crippen molar-refractivity contribution in [3.05, 3.63) is 0 Å². The summed E-state index contributed by atoms with van der Waals surface area (Å²) in [4.78, 5) is 5.68. The van der Waals surface area contributed by atoms with Gasteiger partial charge in [0.25, 0.3) is 0 Å². The van der Waals surface area contributed by atoms with E-state index in [1.807, 2.05) is 18.9 Å². The van der Waals surface area contributed by atoms with Gasteiger partial charge >= 0.3 is 0 Å². The van der Waals surface area contributed by atoms with E-state index in [1.165, 1.54) is 0 Å². The largest absolute Gasteiger partial charge is 0.381 e. The first kappa shape index (κ1) is 10.0. The molecule has 1 saturated heterocycles. The van der Waals surface area contributed by atoms with Crippen LogP contribution >= 0.6 is 0 Å². The summed E-state index contributed by atoms with van der Waals surface area (Å²) in [5.74, 6) is 1.36. The number of hydrogen-bond donors (Lipinski definition) is 0. The maximum atomic E-state index is 8.36. The van der Waals surface area contributed by atoms with E-state index in [0.717, 1.165) is 32.0 Å². The van der Waals surface area contributed by atoms with E-state index in [1.54, 1.807) is 6.19 Å². The molecule has 1 aliphatic heterocycles. The smallest absolute Gasteiger partial charge is 0.207 e. The molecule has 0 amide bonds. The van der Waals surface area contributed by atoms with Crippen LogP contribution in [-0.4, -0.2) is 37.5 Å². The molecular formula is C9H15N3O. The molecule has 0 aromatic rings. The molecule has 0 saturated carbocycles. The number of nitriles is 1. The number of hydrogen-bond acceptors (Lipinski definition) is 3. The minimum absolute atomic E-state index is 0.592.